The Hall–Kier alpha value is -1.88. The van der Waals surface area contributed by atoms with E-state index in [4.69, 9.17) is 4.74 Å². The number of benzene rings is 1. The minimum atomic E-state index is -0.913. The molecule has 1 heterocycles. The average Bonchev–Trinajstić information content (AvgIpc) is 2.82. The summed E-state index contributed by atoms with van der Waals surface area (Å²) in [5, 5.41) is 9.44. The van der Waals surface area contributed by atoms with Crippen LogP contribution in [0.2, 0.25) is 0 Å². The number of hydrogen-bond donors (Lipinski definition) is 1. The quantitative estimate of drug-likeness (QED) is 0.850. The zero-order valence-electron chi connectivity index (χ0n) is 12.8. The number of carbonyl (C=O) groups is 1. The molecule has 0 radical (unpaired) electrons. The first-order chi connectivity index (χ1) is 10.1. The second-order valence-electron chi connectivity index (χ2n) is 5.26. The lowest BCUT2D eigenvalue weighted by atomic mass is 10.1. The predicted molar refractivity (Wildman–Crippen MR) is 81.9 cm³/mol. The van der Waals surface area contributed by atoms with Gasteiger partial charge in [0.2, 0.25) is 0 Å². The van der Waals surface area contributed by atoms with Crippen LogP contribution in [0.5, 0.6) is 0 Å². The monoisotopic (exact) mass is 290 g/mol. The first-order valence-corrected chi connectivity index (χ1v) is 7.32. The van der Waals surface area contributed by atoms with Gasteiger partial charge in [-0.2, -0.15) is 0 Å². The molecule has 1 atom stereocenters. The van der Waals surface area contributed by atoms with E-state index in [1.807, 2.05) is 6.07 Å². The number of carboxylic acids is 1. The summed E-state index contributed by atoms with van der Waals surface area (Å²) >= 11 is 0. The Bertz CT molecular complexity index is 634. The smallest absolute Gasteiger partial charge is 0.337 e. The highest BCUT2D eigenvalue weighted by Crippen LogP contribution is 2.27. The zero-order chi connectivity index (χ0) is 15.4. The summed E-state index contributed by atoms with van der Waals surface area (Å²) < 4.78 is 7.22. The van der Waals surface area contributed by atoms with Crippen LogP contribution in [0.15, 0.2) is 18.2 Å². The van der Waals surface area contributed by atoms with Crippen molar-refractivity contribution in [3.05, 3.63) is 29.6 Å². The van der Waals surface area contributed by atoms with Crippen molar-refractivity contribution >= 4 is 17.0 Å². The SMILES string of the molecule is CCCc1nc2cccc(C(=O)O)c2n1C(C)CCOC. The van der Waals surface area contributed by atoms with Crippen LogP contribution in [0, 0.1) is 0 Å². The number of rotatable bonds is 7. The molecule has 0 aliphatic rings. The summed E-state index contributed by atoms with van der Waals surface area (Å²) in [5.74, 6) is 0.0357. The van der Waals surface area contributed by atoms with Gasteiger partial charge in [-0.3, -0.25) is 0 Å². The van der Waals surface area contributed by atoms with Crippen molar-refractivity contribution in [1.29, 1.82) is 0 Å². The van der Waals surface area contributed by atoms with Gasteiger partial charge in [0.25, 0.3) is 0 Å². The molecule has 21 heavy (non-hydrogen) atoms. The van der Waals surface area contributed by atoms with E-state index < -0.39 is 5.97 Å². The Morgan fingerprint density at radius 3 is 2.86 bits per heavy atom. The first kappa shape index (κ1) is 15.5. The summed E-state index contributed by atoms with van der Waals surface area (Å²) in [6.07, 6.45) is 2.64. The number of ether oxygens (including phenoxy) is 1. The molecule has 1 unspecified atom stereocenters. The van der Waals surface area contributed by atoms with Crippen LogP contribution in [-0.4, -0.2) is 34.3 Å². The van der Waals surface area contributed by atoms with Crippen molar-refractivity contribution in [3.8, 4) is 0 Å². The second kappa shape index (κ2) is 6.72. The van der Waals surface area contributed by atoms with Crippen molar-refractivity contribution in [2.75, 3.05) is 13.7 Å². The van der Waals surface area contributed by atoms with E-state index in [1.165, 1.54) is 0 Å². The normalized spacial score (nSPS) is 12.7. The zero-order valence-corrected chi connectivity index (χ0v) is 12.8. The minimum Gasteiger partial charge on any atom is -0.478 e. The van der Waals surface area contributed by atoms with Gasteiger partial charge in [-0.05, 0) is 31.9 Å². The molecule has 0 bridgehead atoms. The minimum absolute atomic E-state index is 0.150. The van der Waals surface area contributed by atoms with Crippen LogP contribution in [0.4, 0.5) is 0 Å². The number of hydrogen-bond acceptors (Lipinski definition) is 3. The molecule has 5 nitrogen and oxygen atoms in total. The van der Waals surface area contributed by atoms with Gasteiger partial charge in [0.1, 0.15) is 5.82 Å². The molecule has 0 spiro atoms. The van der Waals surface area contributed by atoms with Crippen LogP contribution < -0.4 is 0 Å². The van der Waals surface area contributed by atoms with Gasteiger partial charge in [-0.25, -0.2) is 9.78 Å². The van der Waals surface area contributed by atoms with Crippen LogP contribution in [0.25, 0.3) is 11.0 Å². The maximum atomic E-state index is 11.5. The largest absolute Gasteiger partial charge is 0.478 e. The lowest BCUT2D eigenvalue weighted by Crippen LogP contribution is -2.13. The van der Waals surface area contributed by atoms with Crippen molar-refractivity contribution in [2.24, 2.45) is 0 Å². The van der Waals surface area contributed by atoms with Gasteiger partial charge in [-0.1, -0.05) is 13.0 Å². The van der Waals surface area contributed by atoms with Gasteiger partial charge in [0.15, 0.2) is 0 Å². The van der Waals surface area contributed by atoms with E-state index in [1.54, 1.807) is 19.2 Å². The molecule has 2 aromatic rings. The number of aromatic nitrogens is 2. The highest BCUT2D eigenvalue weighted by molar-refractivity contribution is 6.01. The molecule has 0 saturated heterocycles. The van der Waals surface area contributed by atoms with Crippen LogP contribution >= 0.6 is 0 Å². The summed E-state index contributed by atoms with van der Waals surface area (Å²) in [6.45, 7) is 4.82. The third-order valence-electron chi connectivity index (χ3n) is 3.67. The van der Waals surface area contributed by atoms with E-state index in [-0.39, 0.29) is 6.04 Å². The van der Waals surface area contributed by atoms with E-state index in [9.17, 15) is 9.90 Å². The molecule has 0 aliphatic heterocycles. The number of methoxy groups -OCH3 is 1. The van der Waals surface area contributed by atoms with Crippen LogP contribution in [0.1, 0.15) is 48.9 Å². The molecule has 5 heteroatoms. The molecule has 0 saturated carbocycles. The Morgan fingerprint density at radius 1 is 1.48 bits per heavy atom. The maximum Gasteiger partial charge on any atom is 0.337 e. The Labute approximate surface area is 124 Å². The molecule has 1 aromatic carbocycles. The van der Waals surface area contributed by atoms with Crippen molar-refractivity contribution < 1.29 is 14.6 Å². The summed E-state index contributed by atoms with van der Waals surface area (Å²) in [5.41, 5.74) is 1.78. The molecule has 0 fully saturated rings. The molecule has 114 valence electrons. The van der Waals surface area contributed by atoms with Gasteiger partial charge in [0.05, 0.1) is 16.6 Å². The average molecular weight is 290 g/mol. The van der Waals surface area contributed by atoms with E-state index in [0.717, 1.165) is 36.1 Å². The number of nitrogens with zero attached hydrogens (tertiary/aromatic N) is 2. The summed E-state index contributed by atoms with van der Waals surface area (Å²) in [4.78, 5) is 16.1. The Balaban J connectivity index is 2.61. The molecule has 0 aliphatic carbocycles. The first-order valence-electron chi connectivity index (χ1n) is 7.32. The standard InChI is InChI=1S/C16H22N2O3/c1-4-6-14-17-13-8-5-7-12(16(19)20)15(13)18(14)11(2)9-10-21-3/h5,7-8,11H,4,6,9-10H2,1-3H3,(H,19,20). The van der Waals surface area contributed by atoms with Gasteiger partial charge >= 0.3 is 5.97 Å². The lowest BCUT2D eigenvalue weighted by molar-refractivity contribution is 0.0698. The van der Waals surface area contributed by atoms with E-state index in [2.05, 4.69) is 23.4 Å². The Kier molecular flexibility index (Phi) is 4.96. The highest BCUT2D eigenvalue weighted by Gasteiger charge is 2.20. The molecular weight excluding hydrogens is 268 g/mol. The number of para-hydroxylation sites is 1. The van der Waals surface area contributed by atoms with Crippen molar-refractivity contribution in [1.82, 2.24) is 9.55 Å². The van der Waals surface area contributed by atoms with Crippen molar-refractivity contribution in [2.45, 2.75) is 39.2 Å². The third-order valence-corrected chi connectivity index (χ3v) is 3.67. The number of aryl methyl sites for hydroxylation is 1. The molecule has 1 aromatic heterocycles. The summed E-state index contributed by atoms with van der Waals surface area (Å²) in [6, 6.07) is 5.41. The lowest BCUT2D eigenvalue weighted by Gasteiger charge is -2.18. The van der Waals surface area contributed by atoms with Crippen molar-refractivity contribution in [3.63, 3.8) is 0 Å². The third kappa shape index (κ3) is 3.08. The number of carboxylic acid groups (broad SMARTS) is 1. The van der Waals surface area contributed by atoms with Gasteiger partial charge < -0.3 is 14.4 Å². The maximum absolute atomic E-state index is 11.5. The van der Waals surface area contributed by atoms with Gasteiger partial charge in [0, 0.05) is 26.2 Å². The number of aromatic carboxylic acids is 1. The topological polar surface area (TPSA) is 64.3 Å². The molecule has 1 N–H and O–H groups in total. The Morgan fingerprint density at radius 2 is 2.24 bits per heavy atom. The fraction of sp³-hybridized carbons (Fsp3) is 0.500. The molecule has 2 rings (SSSR count). The number of fused-ring (bicyclic) bond motifs is 1. The van der Waals surface area contributed by atoms with E-state index in [0.29, 0.717) is 12.2 Å². The fourth-order valence-electron chi connectivity index (χ4n) is 2.66. The van der Waals surface area contributed by atoms with Crippen LogP contribution in [-0.2, 0) is 11.2 Å². The second-order valence-corrected chi connectivity index (χ2v) is 5.26. The highest BCUT2D eigenvalue weighted by atomic mass is 16.5. The molecule has 0 amide bonds. The predicted octanol–water partition coefficient (Wildman–Crippen LogP) is 3.28. The van der Waals surface area contributed by atoms with Crippen LogP contribution in [0.3, 0.4) is 0 Å². The number of imidazole rings is 1. The summed E-state index contributed by atoms with van der Waals surface area (Å²) in [7, 11) is 1.67. The van der Waals surface area contributed by atoms with Gasteiger partial charge in [-0.15, -0.1) is 0 Å². The molecular formula is C16H22N2O3. The fourth-order valence-corrected chi connectivity index (χ4v) is 2.66. The van der Waals surface area contributed by atoms with E-state index >= 15 is 0 Å².